The lowest BCUT2D eigenvalue weighted by Crippen LogP contribution is -2.34. The normalized spacial score (nSPS) is 11.7. The summed E-state index contributed by atoms with van der Waals surface area (Å²) in [4.78, 5) is 39.3. The number of carbonyl (C=O) groups is 2. The number of carbonyl (C=O) groups excluding carboxylic acids is 2. The van der Waals surface area contributed by atoms with Gasteiger partial charge in [-0.15, -0.1) is 11.3 Å². The third-order valence-electron chi connectivity index (χ3n) is 5.27. The van der Waals surface area contributed by atoms with Crippen molar-refractivity contribution in [2.75, 3.05) is 35.7 Å². The van der Waals surface area contributed by atoms with E-state index in [9.17, 15) is 24.0 Å². The third kappa shape index (κ3) is 6.84. The van der Waals surface area contributed by atoms with Crippen molar-refractivity contribution in [2.24, 2.45) is 0 Å². The van der Waals surface area contributed by atoms with Crippen LogP contribution in [0.25, 0.3) is 11.8 Å². The van der Waals surface area contributed by atoms with Crippen molar-refractivity contribution in [2.45, 2.75) is 13.5 Å². The zero-order valence-electron chi connectivity index (χ0n) is 20.6. The Morgan fingerprint density at radius 1 is 1.16 bits per heavy atom. The van der Waals surface area contributed by atoms with E-state index < -0.39 is 5.91 Å². The van der Waals surface area contributed by atoms with Gasteiger partial charge in [0.15, 0.2) is 5.57 Å². The number of likely N-dealkylation sites (N-methyl/N-ethyl adjacent to an activating group) is 1. The highest BCUT2D eigenvalue weighted by atomic mass is 32.1. The predicted octanol–water partition coefficient (Wildman–Crippen LogP) is 1.31. The van der Waals surface area contributed by atoms with E-state index in [-0.39, 0.29) is 51.7 Å². The van der Waals surface area contributed by atoms with Gasteiger partial charge in [-0.1, -0.05) is 6.07 Å². The summed E-state index contributed by atoms with van der Waals surface area (Å²) < 4.78 is 14.9. The van der Waals surface area contributed by atoms with Gasteiger partial charge in [-0.05, 0) is 49.4 Å². The summed E-state index contributed by atoms with van der Waals surface area (Å²) in [5.41, 5.74) is 1.17. The maximum Gasteiger partial charge on any atom is 0.270 e. The summed E-state index contributed by atoms with van der Waals surface area (Å²) in [6, 6.07) is 16.3. The molecule has 2 aromatic carbocycles. The second-order valence-electron chi connectivity index (χ2n) is 7.90. The van der Waals surface area contributed by atoms with Crippen LogP contribution in [0.15, 0.2) is 53.3 Å². The van der Waals surface area contributed by atoms with Gasteiger partial charge >= 0.3 is 0 Å². The number of halogens is 1. The van der Waals surface area contributed by atoms with Gasteiger partial charge in [0.25, 0.3) is 11.5 Å². The van der Waals surface area contributed by atoms with Gasteiger partial charge in [-0.2, -0.15) is 10.5 Å². The lowest BCUT2D eigenvalue weighted by atomic mass is 10.2. The molecule has 3 N–H and O–H groups in total. The summed E-state index contributed by atoms with van der Waals surface area (Å²) in [6.07, 6.45) is 1.47. The van der Waals surface area contributed by atoms with Crippen LogP contribution in [0.2, 0.25) is 0 Å². The highest BCUT2D eigenvalue weighted by Crippen LogP contribution is 2.16. The molecule has 0 saturated heterocycles. The van der Waals surface area contributed by atoms with Crippen molar-refractivity contribution in [3.63, 3.8) is 0 Å². The molecule has 0 aliphatic rings. The minimum atomic E-state index is -0.731. The molecule has 38 heavy (non-hydrogen) atoms. The molecule has 3 rings (SSSR count). The van der Waals surface area contributed by atoms with E-state index in [1.165, 1.54) is 22.9 Å². The zero-order chi connectivity index (χ0) is 27.7. The molecule has 0 radical (unpaired) electrons. The molecule has 3 aromatic rings. The molecule has 10 nitrogen and oxygen atoms in total. The van der Waals surface area contributed by atoms with Crippen LogP contribution in [0, 0.1) is 28.5 Å². The number of nitrogens with one attached hydrogen (secondary N) is 3. The third-order valence-corrected chi connectivity index (χ3v) is 6.40. The van der Waals surface area contributed by atoms with E-state index in [0.717, 1.165) is 11.3 Å². The van der Waals surface area contributed by atoms with Crippen LogP contribution in [-0.4, -0.2) is 36.5 Å². The Labute approximate surface area is 221 Å². The molecule has 0 spiro atoms. The van der Waals surface area contributed by atoms with Crippen LogP contribution < -0.4 is 35.6 Å². The number of nitriles is 2. The minimum Gasteiger partial charge on any atom is -0.365 e. The van der Waals surface area contributed by atoms with Crippen molar-refractivity contribution in [1.29, 1.82) is 10.5 Å². The number of nitrogens with zero attached hydrogens (tertiary/aromatic N) is 4. The molecule has 0 fully saturated rings. The van der Waals surface area contributed by atoms with Crippen LogP contribution in [0.3, 0.4) is 0 Å². The minimum absolute atomic E-state index is 0.0453. The summed E-state index contributed by atoms with van der Waals surface area (Å²) >= 11 is 0.975. The molecular formula is C26H24FN7O3S. The lowest BCUT2D eigenvalue weighted by Gasteiger charge is -2.18. The van der Waals surface area contributed by atoms with E-state index in [4.69, 9.17) is 5.26 Å². The van der Waals surface area contributed by atoms with Crippen LogP contribution in [-0.2, 0) is 16.1 Å². The van der Waals surface area contributed by atoms with E-state index in [1.807, 2.05) is 6.07 Å². The van der Waals surface area contributed by atoms with Crippen molar-refractivity contribution < 1.29 is 14.0 Å². The van der Waals surface area contributed by atoms with E-state index in [2.05, 4.69) is 16.0 Å². The van der Waals surface area contributed by atoms with Crippen molar-refractivity contribution in [3.8, 4) is 12.1 Å². The molecule has 0 saturated carbocycles. The van der Waals surface area contributed by atoms with E-state index in [1.54, 1.807) is 61.3 Å². The predicted molar refractivity (Wildman–Crippen MR) is 144 cm³/mol. The number of amides is 2. The number of thiazole rings is 1. The molecule has 2 amide bonds. The van der Waals surface area contributed by atoms with Gasteiger partial charge in [0, 0.05) is 36.9 Å². The highest BCUT2D eigenvalue weighted by Gasteiger charge is 2.15. The first-order chi connectivity index (χ1) is 18.3. The lowest BCUT2D eigenvalue weighted by molar-refractivity contribution is -0.116. The number of benzene rings is 2. The standard InChI is InChI=1S/C26H24FN7O3S/c1-3-34-25(37)22(38-26(34)21(14-29)24(36)30-12-11-28)15-31-18-5-4-6-19(13-18)32-23(35)16-33(2)20-9-7-17(27)8-10-20/h4-10,13,15,31H,3,12,16H2,1-2H3,(H,30,36)(H,32,35)/b22-15+,26-21-. The number of aromatic nitrogens is 1. The van der Waals surface area contributed by atoms with Gasteiger partial charge in [0.2, 0.25) is 5.91 Å². The molecule has 12 heteroatoms. The second kappa shape index (κ2) is 12.9. The summed E-state index contributed by atoms with van der Waals surface area (Å²) in [5, 5.41) is 26.3. The Morgan fingerprint density at radius 3 is 2.53 bits per heavy atom. The Morgan fingerprint density at radius 2 is 1.87 bits per heavy atom. The number of rotatable bonds is 9. The van der Waals surface area contributed by atoms with Crippen LogP contribution >= 0.6 is 11.3 Å². The molecule has 1 heterocycles. The van der Waals surface area contributed by atoms with Gasteiger partial charge in [0.1, 0.15) is 27.6 Å². The molecule has 0 aliphatic carbocycles. The summed E-state index contributed by atoms with van der Waals surface area (Å²) in [6.45, 7) is 1.74. The molecule has 194 valence electrons. The first-order valence-corrected chi connectivity index (χ1v) is 12.2. The zero-order valence-corrected chi connectivity index (χ0v) is 21.4. The van der Waals surface area contributed by atoms with Crippen LogP contribution in [0.5, 0.6) is 0 Å². The van der Waals surface area contributed by atoms with Gasteiger partial charge in [-0.25, -0.2) is 4.39 Å². The molecule has 0 atom stereocenters. The van der Waals surface area contributed by atoms with E-state index in [0.29, 0.717) is 17.1 Å². The Bertz CT molecular complexity index is 1600. The molecule has 0 aliphatic heterocycles. The number of anilines is 3. The fraction of sp³-hybridized carbons (Fsp3) is 0.192. The van der Waals surface area contributed by atoms with Crippen molar-refractivity contribution >= 4 is 52.0 Å². The van der Waals surface area contributed by atoms with Gasteiger partial charge < -0.3 is 20.9 Å². The quantitative estimate of drug-likeness (QED) is 0.352. The second-order valence-corrected chi connectivity index (χ2v) is 8.93. The van der Waals surface area contributed by atoms with Crippen molar-refractivity contribution in [1.82, 2.24) is 9.88 Å². The van der Waals surface area contributed by atoms with Gasteiger partial charge in [0.05, 0.1) is 12.6 Å². The first-order valence-electron chi connectivity index (χ1n) is 11.4. The van der Waals surface area contributed by atoms with Crippen LogP contribution in [0.4, 0.5) is 21.5 Å². The first kappa shape index (κ1) is 27.6. The monoisotopic (exact) mass is 533 g/mol. The Hall–Kier alpha value is -4.94. The fourth-order valence-corrected chi connectivity index (χ4v) is 4.52. The molecule has 0 unspecified atom stereocenters. The number of hydrogen-bond donors (Lipinski definition) is 3. The molecular weight excluding hydrogens is 509 g/mol. The summed E-state index contributed by atoms with van der Waals surface area (Å²) in [7, 11) is 1.72. The summed E-state index contributed by atoms with van der Waals surface area (Å²) in [5.74, 6) is -1.36. The highest BCUT2D eigenvalue weighted by molar-refractivity contribution is 7.07. The fourth-order valence-electron chi connectivity index (χ4n) is 3.43. The molecule has 0 bridgehead atoms. The van der Waals surface area contributed by atoms with Crippen LogP contribution in [0.1, 0.15) is 6.92 Å². The largest absolute Gasteiger partial charge is 0.365 e. The average molecular weight is 534 g/mol. The van der Waals surface area contributed by atoms with E-state index >= 15 is 0 Å². The Balaban J connectivity index is 1.79. The average Bonchev–Trinajstić information content (AvgIpc) is 3.21. The van der Waals surface area contributed by atoms with Crippen molar-refractivity contribution in [3.05, 3.63) is 73.9 Å². The van der Waals surface area contributed by atoms with Gasteiger partial charge in [-0.3, -0.25) is 19.0 Å². The smallest absolute Gasteiger partial charge is 0.270 e. The maximum atomic E-state index is 13.1. The maximum absolute atomic E-state index is 13.1. The molecule has 1 aromatic heterocycles. The number of hydrogen-bond acceptors (Lipinski definition) is 8. The SMILES string of the molecule is CCn1c(=O)/c(=C\Nc2cccc(NC(=O)CN(C)c3ccc(F)cc3)c2)s/c1=C(/C#N)C(=O)NCC#N. The Kier molecular flexibility index (Phi) is 9.35. The topological polar surface area (TPSA) is 143 Å².